The van der Waals surface area contributed by atoms with Gasteiger partial charge in [-0.25, -0.2) is 0 Å². The molecular formula is C14H17BrN2O3. The van der Waals surface area contributed by atoms with E-state index in [0.29, 0.717) is 42.7 Å². The standard InChI is InChI=1S/C14H17BrN2O3/c15-9-5-12-13(20-4-3-19-12)7-11(9)17-14(18)6-10(16)8-1-2-8/h5,7-8,10H,1-4,6,16H2,(H,17,18). The second kappa shape index (κ2) is 5.61. The van der Waals surface area contributed by atoms with Gasteiger partial charge in [-0.1, -0.05) is 0 Å². The van der Waals surface area contributed by atoms with Crippen molar-refractivity contribution in [1.29, 1.82) is 0 Å². The number of carbonyl (C=O) groups is 1. The largest absolute Gasteiger partial charge is 0.486 e. The molecule has 0 spiro atoms. The van der Waals surface area contributed by atoms with Crippen molar-refractivity contribution in [3.63, 3.8) is 0 Å². The predicted octanol–water partition coefficient (Wildman–Crippen LogP) is 2.29. The third-order valence-corrected chi connectivity index (χ3v) is 4.21. The van der Waals surface area contributed by atoms with Gasteiger partial charge in [-0.3, -0.25) is 4.79 Å². The SMILES string of the molecule is NC(CC(=O)Nc1cc2c(cc1Br)OCCO2)C1CC1. The maximum atomic E-state index is 12.0. The Morgan fingerprint density at radius 2 is 2.00 bits per heavy atom. The van der Waals surface area contributed by atoms with E-state index >= 15 is 0 Å². The maximum absolute atomic E-state index is 12.0. The summed E-state index contributed by atoms with van der Waals surface area (Å²) < 4.78 is 11.8. The van der Waals surface area contributed by atoms with Crippen LogP contribution in [0.2, 0.25) is 0 Å². The number of nitrogens with two attached hydrogens (primary N) is 1. The molecular weight excluding hydrogens is 324 g/mol. The van der Waals surface area contributed by atoms with Crippen molar-refractivity contribution < 1.29 is 14.3 Å². The fourth-order valence-corrected chi connectivity index (χ4v) is 2.69. The van der Waals surface area contributed by atoms with Crippen molar-refractivity contribution in [2.45, 2.75) is 25.3 Å². The summed E-state index contributed by atoms with van der Waals surface area (Å²) in [4.78, 5) is 12.0. The van der Waals surface area contributed by atoms with Crippen LogP contribution < -0.4 is 20.5 Å². The minimum absolute atomic E-state index is 0.0361. The van der Waals surface area contributed by atoms with Crippen molar-refractivity contribution in [2.24, 2.45) is 11.7 Å². The monoisotopic (exact) mass is 340 g/mol. The molecule has 0 radical (unpaired) electrons. The highest BCUT2D eigenvalue weighted by Crippen LogP contribution is 2.38. The van der Waals surface area contributed by atoms with Crippen molar-refractivity contribution in [3.05, 3.63) is 16.6 Å². The Labute approximate surface area is 125 Å². The molecule has 5 nitrogen and oxygen atoms in total. The molecule has 0 bridgehead atoms. The van der Waals surface area contributed by atoms with Gasteiger partial charge in [0.25, 0.3) is 0 Å². The third-order valence-electron chi connectivity index (χ3n) is 3.55. The van der Waals surface area contributed by atoms with E-state index in [0.717, 1.165) is 17.3 Å². The Hall–Kier alpha value is -1.27. The molecule has 1 aromatic carbocycles. The Morgan fingerprint density at radius 1 is 1.35 bits per heavy atom. The molecule has 1 heterocycles. The second-order valence-electron chi connectivity index (χ2n) is 5.23. The lowest BCUT2D eigenvalue weighted by Crippen LogP contribution is -2.29. The molecule has 6 heteroatoms. The molecule has 1 fully saturated rings. The van der Waals surface area contributed by atoms with Crippen LogP contribution in [-0.2, 0) is 4.79 Å². The number of halogens is 1. The van der Waals surface area contributed by atoms with Gasteiger partial charge in [-0.2, -0.15) is 0 Å². The van der Waals surface area contributed by atoms with Gasteiger partial charge in [-0.15, -0.1) is 0 Å². The molecule has 0 saturated heterocycles. The highest BCUT2D eigenvalue weighted by atomic mass is 79.9. The van der Waals surface area contributed by atoms with Crippen LogP contribution in [0.4, 0.5) is 5.69 Å². The number of ether oxygens (including phenoxy) is 2. The summed E-state index contributed by atoms with van der Waals surface area (Å²) in [5, 5.41) is 2.87. The fourth-order valence-electron chi connectivity index (χ4n) is 2.27. The summed E-state index contributed by atoms with van der Waals surface area (Å²) in [6.45, 7) is 1.07. The Balaban J connectivity index is 1.68. The molecule has 1 amide bonds. The van der Waals surface area contributed by atoms with Crippen LogP contribution in [0.3, 0.4) is 0 Å². The van der Waals surface area contributed by atoms with Crippen LogP contribution in [0.5, 0.6) is 11.5 Å². The predicted molar refractivity (Wildman–Crippen MR) is 79.1 cm³/mol. The summed E-state index contributed by atoms with van der Waals surface area (Å²) in [6, 6.07) is 3.55. The minimum Gasteiger partial charge on any atom is -0.486 e. The van der Waals surface area contributed by atoms with Crippen LogP contribution >= 0.6 is 15.9 Å². The molecule has 1 unspecified atom stereocenters. The average Bonchev–Trinajstić information content (AvgIpc) is 3.23. The van der Waals surface area contributed by atoms with Gasteiger partial charge in [0.2, 0.25) is 5.91 Å². The molecule has 1 aliphatic carbocycles. The Morgan fingerprint density at radius 3 is 2.65 bits per heavy atom. The summed E-state index contributed by atoms with van der Waals surface area (Å²) in [6.07, 6.45) is 2.63. The normalized spacial score (nSPS) is 18.5. The van der Waals surface area contributed by atoms with E-state index in [4.69, 9.17) is 15.2 Å². The van der Waals surface area contributed by atoms with Gasteiger partial charge >= 0.3 is 0 Å². The smallest absolute Gasteiger partial charge is 0.225 e. The van der Waals surface area contributed by atoms with E-state index in [1.165, 1.54) is 0 Å². The van der Waals surface area contributed by atoms with Crippen LogP contribution in [0.1, 0.15) is 19.3 Å². The first-order valence-corrected chi connectivity index (χ1v) is 7.57. The van der Waals surface area contributed by atoms with E-state index < -0.39 is 0 Å². The lowest BCUT2D eigenvalue weighted by atomic mass is 10.1. The number of nitrogens with one attached hydrogen (secondary N) is 1. The highest BCUT2D eigenvalue weighted by molar-refractivity contribution is 9.10. The van der Waals surface area contributed by atoms with Gasteiger partial charge in [0.1, 0.15) is 13.2 Å². The zero-order chi connectivity index (χ0) is 14.1. The molecule has 1 aromatic rings. The number of amides is 1. The van der Waals surface area contributed by atoms with E-state index in [2.05, 4.69) is 21.2 Å². The van der Waals surface area contributed by atoms with E-state index in [1.807, 2.05) is 6.07 Å². The van der Waals surface area contributed by atoms with Crippen molar-refractivity contribution in [2.75, 3.05) is 18.5 Å². The zero-order valence-corrected chi connectivity index (χ0v) is 12.6. The molecule has 3 rings (SSSR count). The first kappa shape index (κ1) is 13.7. The minimum atomic E-state index is -0.0678. The van der Waals surface area contributed by atoms with E-state index in [9.17, 15) is 4.79 Å². The number of anilines is 1. The van der Waals surface area contributed by atoms with E-state index in [1.54, 1.807) is 6.07 Å². The molecule has 2 aliphatic rings. The third kappa shape index (κ3) is 3.07. The van der Waals surface area contributed by atoms with Gasteiger partial charge in [0.05, 0.1) is 5.69 Å². The zero-order valence-electron chi connectivity index (χ0n) is 11.0. The van der Waals surface area contributed by atoms with E-state index in [-0.39, 0.29) is 11.9 Å². The Bertz CT molecular complexity index is 531. The fraction of sp³-hybridized carbons (Fsp3) is 0.500. The number of hydrogen-bond donors (Lipinski definition) is 2. The summed E-state index contributed by atoms with van der Waals surface area (Å²) in [5.41, 5.74) is 6.65. The quantitative estimate of drug-likeness (QED) is 0.881. The summed E-state index contributed by atoms with van der Waals surface area (Å²) in [7, 11) is 0. The van der Waals surface area contributed by atoms with Crippen molar-refractivity contribution in [1.82, 2.24) is 0 Å². The lowest BCUT2D eigenvalue weighted by Gasteiger charge is -2.20. The van der Waals surface area contributed by atoms with Crippen LogP contribution in [0.15, 0.2) is 16.6 Å². The van der Waals surface area contributed by atoms with Crippen molar-refractivity contribution in [3.8, 4) is 11.5 Å². The average molecular weight is 341 g/mol. The molecule has 108 valence electrons. The number of hydrogen-bond acceptors (Lipinski definition) is 4. The number of fused-ring (bicyclic) bond motifs is 1. The molecule has 20 heavy (non-hydrogen) atoms. The Kier molecular flexibility index (Phi) is 3.85. The number of carbonyl (C=O) groups excluding carboxylic acids is 1. The first-order chi connectivity index (χ1) is 9.63. The van der Waals surface area contributed by atoms with Gasteiger partial charge < -0.3 is 20.5 Å². The van der Waals surface area contributed by atoms with Gasteiger partial charge in [0, 0.05) is 29.1 Å². The maximum Gasteiger partial charge on any atom is 0.225 e. The molecule has 0 aromatic heterocycles. The van der Waals surface area contributed by atoms with Crippen molar-refractivity contribution >= 4 is 27.5 Å². The first-order valence-electron chi connectivity index (χ1n) is 6.78. The lowest BCUT2D eigenvalue weighted by molar-refractivity contribution is -0.116. The highest BCUT2D eigenvalue weighted by Gasteiger charge is 2.30. The van der Waals surface area contributed by atoms with Gasteiger partial charge in [-0.05, 0) is 34.7 Å². The summed E-state index contributed by atoms with van der Waals surface area (Å²) in [5.74, 6) is 1.79. The molecule has 1 atom stereocenters. The number of benzene rings is 1. The van der Waals surface area contributed by atoms with Gasteiger partial charge in [0.15, 0.2) is 11.5 Å². The number of rotatable bonds is 4. The van der Waals surface area contributed by atoms with Crippen LogP contribution in [0.25, 0.3) is 0 Å². The molecule has 1 saturated carbocycles. The molecule has 3 N–H and O–H groups in total. The van der Waals surface area contributed by atoms with Crippen LogP contribution in [0, 0.1) is 5.92 Å². The topological polar surface area (TPSA) is 73.6 Å². The summed E-state index contributed by atoms with van der Waals surface area (Å²) >= 11 is 3.43. The second-order valence-corrected chi connectivity index (χ2v) is 6.08. The molecule has 1 aliphatic heterocycles. The van der Waals surface area contributed by atoms with Crippen LogP contribution in [-0.4, -0.2) is 25.2 Å².